The summed E-state index contributed by atoms with van der Waals surface area (Å²) >= 11 is 6.06. The second-order valence-corrected chi connectivity index (χ2v) is 5.74. The van der Waals surface area contributed by atoms with Crippen LogP contribution in [0.1, 0.15) is 31.1 Å². The van der Waals surface area contributed by atoms with E-state index in [1.165, 1.54) is 12.1 Å². The molecule has 0 N–H and O–H groups in total. The lowest BCUT2D eigenvalue weighted by molar-refractivity contribution is 0.511. The van der Waals surface area contributed by atoms with Crippen LogP contribution in [-0.2, 0) is 12.8 Å². The average Bonchev–Trinajstić information content (AvgIpc) is 2.89. The molecule has 1 atom stereocenters. The summed E-state index contributed by atoms with van der Waals surface area (Å²) in [6, 6.07) is 9.05. The largest absolute Gasteiger partial charge is 0.270 e. The van der Waals surface area contributed by atoms with Gasteiger partial charge in [0.1, 0.15) is 5.82 Å². The second kappa shape index (κ2) is 6.89. The monoisotopic (exact) mass is 294 g/mol. The third-order valence-corrected chi connectivity index (χ3v) is 3.78. The maximum absolute atomic E-state index is 12.9. The SMILES string of the molecule is CC(C)n1ccc(CC(CCl)Cc2ccc(F)cc2)n1. The van der Waals surface area contributed by atoms with E-state index in [1.54, 1.807) is 0 Å². The number of aromatic nitrogens is 2. The first-order chi connectivity index (χ1) is 9.58. The third kappa shape index (κ3) is 4.07. The molecule has 4 heteroatoms. The Morgan fingerprint density at radius 3 is 2.40 bits per heavy atom. The summed E-state index contributed by atoms with van der Waals surface area (Å²) in [6.45, 7) is 4.21. The van der Waals surface area contributed by atoms with Crippen LogP contribution >= 0.6 is 11.6 Å². The number of halogens is 2. The first kappa shape index (κ1) is 15.0. The highest BCUT2D eigenvalue weighted by Crippen LogP contribution is 2.16. The van der Waals surface area contributed by atoms with Gasteiger partial charge in [-0.05, 0) is 56.4 Å². The highest BCUT2D eigenvalue weighted by Gasteiger charge is 2.12. The van der Waals surface area contributed by atoms with Crippen molar-refractivity contribution in [1.82, 2.24) is 9.78 Å². The van der Waals surface area contributed by atoms with Gasteiger partial charge < -0.3 is 0 Å². The summed E-state index contributed by atoms with van der Waals surface area (Å²) in [5, 5.41) is 4.55. The Hall–Kier alpha value is -1.35. The Labute approximate surface area is 124 Å². The zero-order chi connectivity index (χ0) is 14.5. The van der Waals surface area contributed by atoms with Crippen LogP contribution in [0.25, 0.3) is 0 Å². The normalized spacial score (nSPS) is 12.8. The van der Waals surface area contributed by atoms with E-state index in [0.29, 0.717) is 17.8 Å². The molecular formula is C16H20ClFN2. The van der Waals surface area contributed by atoms with Gasteiger partial charge >= 0.3 is 0 Å². The van der Waals surface area contributed by atoms with E-state index in [4.69, 9.17) is 11.6 Å². The van der Waals surface area contributed by atoms with Gasteiger partial charge in [-0.3, -0.25) is 4.68 Å². The van der Waals surface area contributed by atoms with E-state index in [0.717, 1.165) is 24.1 Å². The molecule has 0 bridgehead atoms. The topological polar surface area (TPSA) is 17.8 Å². The molecule has 0 aliphatic carbocycles. The first-order valence-electron chi connectivity index (χ1n) is 6.93. The lowest BCUT2D eigenvalue weighted by Gasteiger charge is -2.12. The standard InChI is InChI=1S/C16H20ClFN2/c1-12(2)20-8-7-16(19-20)10-14(11-17)9-13-3-5-15(18)6-4-13/h3-8,12,14H,9-11H2,1-2H3. The molecule has 2 rings (SSSR count). The lowest BCUT2D eigenvalue weighted by Crippen LogP contribution is -2.11. The molecule has 0 radical (unpaired) electrons. The Morgan fingerprint density at radius 1 is 1.15 bits per heavy atom. The Kier molecular flexibility index (Phi) is 5.18. The second-order valence-electron chi connectivity index (χ2n) is 5.44. The van der Waals surface area contributed by atoms with Crippen molar-refractivity contribution in [3.8, 4) is 0 Å². The van der Waals surface area contributed by atoms with Crippen LogP contribution in [-0.4, -0.2) is 15.7 Å². The van der Waals surface area contributed by atoms with Crippen LogP contribution in [0.5, 0.6) is 0 Å². The summed E-state index contributed by atoms with van der Waals surface area (Å²) < 4.78 is 14.8. The molecule has 0 aliphatic rings. The Bertz CT molecular complexity index is 534. The predicted molar refractivity (Wildman–Crippen MR) is 80.6 cm³/mol. The number of hydrogen-bond acceptors (Lipinski definition) is 1. The van der Waals surface area contributed by atoms with Crippen molar-refractivity contribution in [2.75, 3.05) is 5.88 Å². The highest BCUT2D eigenvalue weighted by molar-refractivity contribution is 6.18. The fourth-order valence-electron chi connectivity index (χ4n) is 2.20. The van der Waals surface area contributed by atoms with Gasteiger partial charge in [0, 0.05) is 18.1 Å². The number of alkyl halides is 1. The highest BCUT2D eigenvalue weighted by atomic mass is 35.5. The zero-order valence-corrected chi connectivity index (χ0v) is 12.6. The van der Waals surface area contributed by atoms with Crippen molar-refractivity contribution in [2.45, 2.75) is 32.7 Å². The van der Waals surface area contributed by atoms with Gasteiger partial charge in [-0.1, -0.05) is 12.1 Å². The summed E-state index contributed by atoms with van der Waals surface area (Å²) in [4.78, 5) is 0. The minimum Gasteiger partial charge on any atom is -0.270 e. The van der Waals surface area contributed by atoms with E-state index >= 15 is 0 Å². The minimum atomic E-state index is -0.202. The van der Waals surface area contributed by atoms with Crippen molar-refractivity contribution >= 4 is 11.6 Å². The van der Waals surface area contributed by atoms with E-state index < -0.39 is 0 Å². The molecule has 0 saturated carbocycles. The molecular weight excluding hydrogens is 275 g/mol. The average molecular weight is 295 g/mol. The van der Waals surface area contributed by atoms with Gasteiger partial charge in [0.15, 0.2) is 0 Å². The molecule has 2 aromatic rings. The van der Waals surface area contributed by atoms with Crippen LogP contribution in [0, 0.1) is 11.7 Å². The molecule has 20 heavy (non-hydrogen) atoms. The van der Waals surface area contributed by atoms with Gasteiger partial charge in [-0.25, -0.2) is 4.39 Å². The number of rotatable bonds is 6. The van der Waals surface area contributed by atoms with Gasteiger partial charge in [0.2, 0.25) is 0 Å². The van der Waals surface area contributed by atoms with E-state index in [-0.39, 0.29) is 5.82 Å². The maximum Gasteiger partial charge on any atom is 0.123 e. The Balaban J connectivity index is 1.99. The maximum atomic E-state index is 12.9. The van der Waals surface area contributed by atoms with Crippen molar-refractivity contribution in [2.24, 2.45) is 5.92 Å². The smallest absolute Gasteiger partial charge is 0.123 e. The van der Waals surface area contributed by atoms with Gasteiger partial charge in [-0.15, -0.1) is 11.6 Å². The van der Waals surface area contributed by atoms with Crippen molar-refractivity contribution in [3.05, 3.63) is 53.6 Å². The van der Waals surface area contributed by atoms with Gasteiger partial charge in [0.25, 0.3) is 0 Å². The molecule has 0 saturated heterocycles. The molecule has 1 aromatic heterocycles. The molecule has 108 valence electrons. The van der Waals surface area contributed by atoms with Gasteiger partial charge in [-0.2, -0.15) is 5.10 Å². The van der Waals surface area contributed by atoms with Crippen LogP contribution in [0.15, 0.2) is 36.5 Å². The lowest BCUT2D eigenvalue weighted by atomic mass is 9.96. The molecule has 1 aromatic carbocycles. The fraction of sp³-hybridized carbons (Fsp3) is 0.438. The molecule has 0 fully saturated rings. The van der Waals surface area contributed by atoms with E-state index in [1.807, 2.05) is 29.1 Å². The molecule has 0 spiro atoms. The van der Waals surface area contributed by atoms with Crippen LogP contribution in [0.4, 0.5) is 4.39 Å². The van der Waals surface area contributed by atoms with E-state index in [9.17, 15) is 4.39 Å². The van der Waals surface area contributed by atoms with Crippen molar-refractivity contribution < 1.29 is 4.39 Å². The summed E-state index contributed by atoms with van der Waals surface area (Å²) in [5.41, 5.74) is 2.17. The Morgan fingerprint density at radius 2 is 1.85 bits per heavy atom. The minimum absolute atomic E-state index is 0.202. The van der Waals surface area contributed by atoms with Gasteiger partial charge in [0.05, 0.1) is 5.69 Å². The van der Waals surface area contributed by atoms with Crippen molar-refractivity contribution in [3.63, 3.8) is 0 Å². The molecule has 2 nitrogen and oxygen atoms in total. The first-order valence-corrected chi connectivity index (χ1v) is 7.46. The fourth-order valence-corrected chi connectivity index (χ4v) is 2.42. The molecule has 1 unspecified atom stereocenters. The summed E-state index contributed by atoms with van der Waals surface area (Å²) in [5.74, 6) is 0.691. The molecule has 1 heterocycles. The molecule has 0 amide bonds. The predicted octanol–water partition coefficient (Wildman–Crippen LogP) is 4.24. The third-order valence-electron chi connectivity index (χ3n) is 3.35. The number of nitrogens with zero attached hydrogens (tertiary/aromatic N) is 2. The van der Waals surface area contributed by atoms with Crippen molar-refractivity contribution in [1.29, 1.82) is 0 Å². The summed E-state index contributed by atoms with van der Waals surface area (Å²) in [7, 11) is 0. The quantitative estimate of drug-likeness (QED) is 0.729. The van der Waals surface area contributed by atoms with Crippen LogP contribution < -0.4 is 0 Å². The van der Waals surface area contributed by atoms with Crippen LogP contribution in [0.2, 0.25) is 0 Å². The van der Waals surface area contributed by atoms with Crippen LogP contribution in [0.3, 0.4) is 0 Å². The summed E-state index contributed by atoms with van der Waals surface area (Å²) in [6.07, 6.45) is 3.70. The zero-order valence-electron chi connectivity index (χ0n) is 11.9. The number of benzene rings is 1. The molecule has 0 aliphatic heterocycles. The van der Waals surface area contributed by atoms with E-state index in [2.05, 4.69) is 18.9 Å². The number of hydrogen-bond donors (Lipinski definition) is 0.